The van der Waals surface area contributed by atoms with Crippen LogP contribution >= 0.6 is 0 Å². The molecule has 0 aliphatic rings. The molecule has 1 amide bonds. The first kappa shape index (κ1) is 10.6. The standard InChI is InChI=1S/C7H11BN4O2/c1-14-3-2-10-7-4(6(9)13)5(8)11-12-7/h2-3H2,1H3,(H2,9,13)(H2,10,11,12). The Morgan fingerprint density at radius 2 is 2.50 bits per heavy atom. The minimum atomic E-state index is -0.615. The lowest BCUT2D eigenvalue weighted by molar-refractivity contribution is 0.100. The highest BCUT2D eigenvalue weighted by Crippen LogP contribution is 2.06. The van der Waals surface area contributed by atoms with Crippen molar-refractivity contribution in [2.24, 2.45) is 5.73 Å². The number of H-pyrrole nitrogens is 1. The molecule has 74 valence electrons. The normalized spacial score (nSPS) is 10.1. The summed E-state index contributed by atoms with van der Waals surface area (Å²) in [6, 6.07) is 0. The Morgan fingerprint density at radius 3 is 3.07 bits per heavy atom. The number of carbonyl (C=O) groups is 1. The monoisotopic (exact) mass is 194 g/mol. The summed E-state index contributed by atoms with van der Waals surface area (Å²) < 4.78 is 4.82. The molecule has 1 aromatic heterocycles. The lowest BCUT2D eigenvalue weighted by Gasteiger charge is -2.03. The van der Waals surface area contributed by atoms with Crippen LogP contribution in [0.5, 0.6) is 0 Å². The fraction of sp³-hybridized carbons (Fsp3) is 0.429. The predicted molar refractivity (Wildman–Crippen MR) is 52.9 cm³/mol. The Hall–Kier alpha value is -1.50. The maximum absolute atomic E-state index is 10.9. The molecule has 0 bridgehead atoms. The van der Waals surface area contributed by atoms with Crippen LogP contribution < -0.4 is 16.6 Å². The van der Waals surface area contributed by atoms with Crippen molar-refractivity contribution >= 4 is 25.2 Å². The summed E-state index contributed by atoms with van der Waals surface area (Å²) in [7, 11) is 7.04. The van der Waals surface area contributed by atoms with Crippen molar-refractivity contribution in [2.45, 2.75) is 0 Å². The van der Waals surface area contributed by atoms with Crippen molar-refractivity contribution in [3.63, 3.8) is 0 Å². The van der Waals surface area contributed by atoms with Crippen molar-refractivity contribution < 1.29 is 9.53 Å². The molecule has 0 aromatic carbocycles. The summed E-state index contributed by atoms with van der Waals surface area (Å²) in [5, 5.41) is 9.13. The molecular formula is C7H11BN4O2. The second-order valence-electron chi connectivity index (χ2n) is 2.64. The maximum atomic E-state index is 10.9. The summed E-state index contributed by atoms with van der Waals surface area (Å²) in [4.78, 5) is 10.9. The minimum Gasteiger partial charge on any atom is -0.383 e. The van der Waals surface area contributed by atoms with Gasteiger partial charge in [0.25, 0.3) is 5.91 Å². The Labute approximate surface area is 82.6 Å². The Bertz CT molecular complexity index is 325. The van der Waals surface area contributed by atoms with Crippen LogP contribution in [-0.4, -0.2) is 44.2 Å². The molecule has 1 rings (SSSR count). The lowest BCUT2D eigenvalue weighted by atomic mass is 9.99. The maximum Gasteiger partial charge on any atom is 0.253 e. The van der Waals surface area contributed by atoms with Crippen LogP contribution in [0.1, 0.15) is 10.4 Å². The number of aromatic amines is 1. The van der Waals surface area contributed by atoms with Crippen LogP contribution in [0.15, 0.2) is 0 Å². The molecule has 0 saturated carbocycles. The van der Waals surface area contributed by atoms with Gasteiger partial charge in [-0.25, -0.2) is 0 Å². The van der Waals surface area contributed by atoms with Crippen LogP contribution in [0.3, 0.4) is 0 Å². The van der Waals surface area contributed by atoms with Gasteiger partial charge in [0.2, 0.25) is 0 Å². The second kappa shape index (κ2) is 4.66. The molecule has 0 saturated heterocycles. The first-order chi connectivity index (χ1) is 6.66. The Morgan fingerprint density at radius 1 is 1.79 bits per heavy atom. The van der Waals surface area contributed by atoms with Gasteiger partial charge < -0.3 is 15.8 Å². The molecule has 0 aliphatic carbocycles. The van der Waals surface area contributed by atoms with Crippen molar-refractivity contribution in [1.29, 1.82) is 0 Å². The molecule has 14 heavy (non-hydrogen) atoms. The number of aromatic nitrogens is 2. The fourth-order valence-corrected chi connectivity index (χ4v) is 1.00. The Kier molecular flexibility index (Phi) is 3.52. The number of nitrogens with zero attached hydrogens (tertiary/aromatic N) is 1. The number of ether oxygens (including phenoxy) is 1. The highest BCUT2D eigenvalue weighted by Gasteiger charge is 2.13. The van der Waals surface area contributed by atoms with Crippen LogP contribution in [0.25, 0.3) is 0 Å². The topological polar surface area (TPSA) is 93.0 Å². The van der Waals surface area contributed by atoms with Crippen LogP contribution in [0.2, 0.25) is 0 Å². The smallest absolute Gasteiger partial charge is 0.253 e. The highest BCUT2D eigenvalue weighted by atomic mass is 16.5. The van der Waals surface area contributed by atoms with Gasteiger partial charge >= 0.3 is 0 Å². The van der Waals surface area contributed by atoms with E-state index >= 15 is 0 Å². The van der Waals surface area contributed by atoms with Crippen LogP contribution in [0, 0.1) is 0 Å². The molecule has 0 spiro atoms. The van der Waals surface area contributed by atoms with E-state index in [2.05, 4.69) is 15.5 Å². The molecular weight excluding hydrogens is 183 g/mol. The minimum absolute atomic E-state index is 0.164. The summed E-state index contributed by atoms with van der Waals surface area (Å²) in [6.07, 6.45) is 0. The fourth-order valence-electron chi connectivity index (χ4n) is 1.00. The first-order valence-electron chi connectivity index (χ1n) is 4.03. The third-order valence-corrected chi connectivity index (χ3v) is 1.64. The van der Waals surface area contributed by atoms with Gasteiger partial charge in [0.1, 0.15) is 7.85 Å². The van der Waals surface area contributed by atoms with Crippen molar-refractivity contribution in [3.05, 3.63) is 5.56 Å². The average Bonchev–Trinajstić information content (AvgIpc) is 2.47. The number of nitrogens with one attached hydrogen (secondary N) is 2. The molecule has 0 fully saturated rings. The van der Waals surface area contributed by atoms with Gasteiger partial charge in [0, 0.05) is 13.7 Å². The first-order valence-corrected chi connectivity index (χ1v) is 4.03. The van der Waals surface area contributed by atoms with Crippen molar-refractivity contribution in [3.8, 4) is 0 Å². The van der Waals surface area contributed by atoms with E-state index < -0.39 is 5.91 Å². The molecule has 1 heterocycles. The zero-order valence-corrected chi connectivity index (χ0v) is 7.83. The number of hydrogen-bond donors (Lipinski definition) is 3. The zero-order valence-electron chi connectivity index (χ0n) is 7.83. The Balaban J connectivity index is 2.71. The summed E-state index contributed by atoms with van der Waals surface area (Å²) >= 11 is 0. The van der Waals surface area contributed by atoms with E-state index in [0.717, 1.165) is 0 Å². The molecule has 0 atom stereocenters. The number of nitrogens with two attached hydrogens (primary N) is 1. The summed E-state index contributed by atoms with van der Waals surface area (Å²) in [5.74, 6) is -0.261. The second-order valence-corrected chi connectivity index (χ2v) is 2.64. The number of anilines is 1. The third-order valence-electron chi connectivity index (χ3n) is 1.64. The van der Waals surface area contributed by atoms with E-state index in [9.17, 15) is 4.79 Å². The number of carbonyl (C=O) groups excluding carboxylic acids is 1. The zero-order chi connectivity index (χ0) is 10.6. The number of rotatable bonds is 5. The third kappa shape index (κ3) is 2.26. The number of methoxy groups -OCH3 is 1. The van der Waals surface area contributed by atoms with Crippen LogP contribution in [-0.2, 0) is 4.74 Å². The average molecular weight is 194 g/mol. The van der Waals surface area contributed by atoms with E-state index in [0.29, 0.717) is 19.0 Å². The van der Waals surface area contributed by atoms with E-state index in [-0.39, 0.29) is 11.2 Å². The molecule has 4 N–H and O–H groups in total. The summed E-state index contributed by atoms with van der Waals surface area (Å²) in [6.45, 7) is 1.03. The largest absolute Gasteiger partial charge is 0.383 e. The quantitative estimate of drug-likeness (QED) is 0.387. The molecule has 7 heteroatoms. The summed E-state index contributed by atoms with van der Waals surface area (Å²) in [5.41, 5.74) is 5.46. The predicted octanol–water partition coefficient (Wildman–Crippen LogP) is -1.64. The number of hydrogen-bond acceptors (Lipinski definition) is 4. The van der Waals surface area contributed by atoms with Gasteiger partial charge in [0.05, 0.1) is 12.2 Å². The van der Waals surface area contributed by atoms with Crippen molar-refractivity contribution in [2.75, 3.05) is 25.6 Å². The number of primary amides is 1. The van der Waals surface area contributed by atoms with Gasteiger partial charge in [0.15, 0.2) is 5.82 Å². The van der Waals surface area contributed by atoms with Crippen molar-refractivity contribution in [1.82, 2.24) is 10.2 Å². The van der Waals surface area contributed by atoms with Gasteiger partial charge in [-0.2, -0.15) is 5.10 Å². The van der Waals surface area contributed by atoms with E-state index in [1.165, 1.54) is 0 Å². The van der Waals surface area contributed by atoms with Gasteiger partial charge in [-0.05, 0) is 5.59 Å². The highest BCUT2D eigenvalue weighted by molar-refractivity contribution is 6.35. The van der Waals surface area contributed by atoms with Gasteiger partial charge in [-0.1, -0.05) is 0 Å². The molecule has 2 radical (unpaired) electrons. The SMILES string of the molecule is [B]c1[nH]nc(NCCOC)c1C(N)=O. The molecule has 6 nitrogen and oxygen atoms in total. The van der Waals surface area contributed by atoms with E-state index in [4.69, 9.17) is 18.3 Å². The molecule has 1 aromatic rings. The van der Waals surface area contributed by atoms with E-state index in [1.807, 2.05) is 0 Å². The van der Waals surface area contributed by atoms with E-state index in [1.54, 1.807) is 7.11 Å². The van der Waals surface area contributed by atoms with Crippen LogP contribution in [0.4, 0.5) is 5.82 Å². The number of amides is 1. The lowest BCUT2D eigenvalue weighted by Crippen LogP contribution is -2.22. The molecule has 0 aliphatic heterocycles. The molecule has 0 unspecified atom stereocenters. The van der Waals surface area contributed by atoms with Gasteiger partial charge in [-0.15, -0.1) is 0 Å². The van der Waals surface area contributed by atoms with Gasteiger partial charge in [-0.3, -0.25) is 9.89 Å².